The van der Waals surface area contributed by atoms with Crippen molar-refractivity contribution in [3.05, 3.63) is 87.2 Å². The van der Waals surface area contributed by atoms with E-state index in [0.29, 0.717) is 5.69 Å². The number of amides is 2. The van der Waals surface area contributed by atoms with Crippen LogP contribution in [0.2, 0.25) is 0 Å². The third kappa shape index (κ3) is 4.97. The molecule has 196 valence electrons. The van der Waals surface area contributed by atoms with Crippen molar-refractivity contribution >= 4 is 35.2 Å². The molecule has 12 heteroatoms. The van der Waals surface area contributed by atoms with Gasteiger partial charge in [-0.15, -0.1) is 0 Å². The van der Waals surface area contributed by atoms with Crippen molar-refractivity contribution in [3.8, 4) is 6.07 Å². The smallest absolute Gasteiger partial charge is 0.416 e. The second kappa shape index (κ2) is 10.3. The number of carbonyl (C=O) groups excluding carboxylic acids is 3. The van der Waals surface area contributed by atoms with E-state index in [9.17, 15) is 32.8 Å². The molecule has 2 atom stereocenters. The Morgan fingerprint density at radius 1 is 1.21 bits per heavy atom. The number of alkyl halides is 3. The minimum Gasteiger partial charge on any atom is -0.469 e. The molecule has 2 amide bonds. The monoisotopic (exact) mass is 542 g/mol. The summed E-state index contributed by atoms with van der Waals surface area (Å²) in [7, 11) is 1.17. The van der Waals surface area contributed by atoms with Crippen LogP contribution in [0.1, 0.15) is 29.0 Å². The van der Waals surface area contributed by atoms with Gasteiger partial charge in [0.05, 0.1) is 47.3 Å². The quantitative estimate of drug-likeness (QED) is 0.544. The molecule has 2 aliphatic rings. The number of allylic oxidation sites excluding steroid dienone is 1. The van der Waals surface area contributed by atoms with Crippen LogP contribution >= 0.6 is 11.8 Å². The molecule has 2 aromatic rings. The molecule has 8 nitrogen and oxygen atoms in total. The molecule has 0 saturated carbocycles. The Morgan fingerprint density at radius 2 is 1.89 bits per heavy atom. The second-order valence-electron chi connectivity index (χ2n) is 8.57. The highest BCUT2D eigenvalue weighted by molar-refractivity contribution is 8.04. The Bertz CT molecular complexity index is 1430. The number of nitrogens with one attached hydrogen (secondary N) is 1. The van der Waals surface area contributed by atoms with E-state index in [-0.39, 0.29) is 34.0 Å². The minimum absolute atomic E-state index is 0.0530. The van der Waals surface area contributed by atoms with Crippen molar-refractivity contribution in [2.24, 2.45) is 5.73 Å². The third-order valence-corrected chi connectivity index (χ3v) is 7.35. The number of esters is 1. The van der Waals surface area contributed by atoms with Crippen molar-refractivity contribution in [3.63, 3.8) is 0 Å². The van der Waals surface area contributed by atoms with Crippen LogP contribution in [0, 0.1) is 18.3 Å². The highest BCUT2D eigenvalue weighted by atomic mass is 32.2. The number of halogens is 3. The molecule has 0 bridgehead atoms. The lowest BCUT2D eigenvalue weighted by atomic mass is 9.82. The molecule has 1 saturated heterocycles. The van der Waals surface area contributed by atoms with E-state index in [2.05, 4.69) is 10.1 Å². The number of rotatable bonds is 5. The van der Waals surface area contributed by atoms with Crippen LogP contribution in [0.15, 0.2) is 70.5 Å². The van der Waals surface area contributed by atoms with Crippen LogP contribution < -0.4 is 11.1 Å². The largest absolute Gasteiger partial charge is 0.469 e. The SMILES string of the molecule is COC(=O)C[C@H]1SC2=C(C(=O)Nc3cccc(C)c3)[C@@H](c3ccc(C(F)(F)F)cc3)C(C#N)=C(N)N2C1=O. The Hall–Kier alpha value is -4.24. The number of nitrogens with two attached hydrogens (primary N) is 1. The first-order chi connectivity index (χ1) is 18.0. The van der Waals surface area contributed by atoms with E-state index in [1.54, 1.807) is 18.2 Å². The number of nitrogens with zero attached hydrogens (tertiary/aromatic N) is 2. The minimum atomic E-state index is -4.59. The van der Waals surface area contributed by atoms with E-state index in [4.69, 9.17) is 5.73 Å². The molecule has 38 heavy (non-hydrogen) atoms. The molecule has 2 aromatic carbocycles. The highest BCUT2D eigenvalue weighted by Crippen LogP contribution is 2.50. The number of ether oxygens (including phenoxy) is 1. The fourth-order valence-corrected chi connectivity index (χ4v) is 5.59. The van der Waals surface area contributed by atoms with Gasteiger partial charge in [-0.1, -0.05) is 36.0 Å². The first-order valence-corrected chi connectivity index (χ1v) is 12.1. The van der Waals surface area contributed by atoms with Gasteiger partial charge in [0.1, 0.15) is 11.1 Å². The molecule has 3 N–H and O–H groups in total. The van der Waals surface area contributed by atoms with Crippen molar-refractivity contribution in [1.82, 2.24) is 4.90 Å². The van der Waals surface area contributed by atoms with Gasteiger partial charge in [-0.3, -0.25) is 19.3 Å². The maximum absolute atomic E-state index is 13.7. The molecule has 0 spiro atoms. The number of thioether (sulfide) groups is 1. The fourth-order valence-electron chi connectivity index (χ4n) is 4.26. The normalized spacial score (nSPS) is 19.3. The van der Waals surface area contributed by atoms with Crippen molar-refractivity contribution in [2.75, 3.05) is 12.4 Å². The van der Waals surface area contributed by atoms with Gasteiger partial charge in [0, 0.05) is 5.69 Å². The van der Waals surface area contributed by atoms with E-state index in [1.807, 2.05) is 19.1 Å². The summed E-state index contributed by atoms with van der Waals surface area (Å²) in [4.78, 5) is 39.9. The molecule has 0 radical (unpaired) electrons. The van der Waals surface area contributed by atoms with Gasteiger partial charge < -0.3 is 15.8 Å². The Balaban J connectivity index is 1.88. The Kier molecular flexibility index (Phi) is 7.24. The molecular formula is C26H21F3N4O4S. The van der Waals surface area contributed by atoms with Crippen LogP contribution in [0.5, 0.6) is 0 Å². The van der Waals surface area contributed by atoms with Crippen molar-refractivity contribution < 1.29 is 32.3 Å². The lowest BCUT2D eigenvalue weighted by Gasteiger charge is -2.32. The zero-order valence-corrected chi connectivity index (χ0v) is 20.9. The second-order valence-corrected chi connectivity index (χ2v) is 9.76. The van der Waals surface area contributed by atoms with Crippen molar-refractivity contribution in [1.29, 1.82) is 5.26 Å². The standard InChI is InChI=1S/C26H21F3N4O4S/c1-13-4-3-5-16(10-13)32-23(35)21-20(14-6-8-15(9-7-14)26(27,28)29)17(12-30)22(31)33-24(36)18(38-25(21)33)11-19(34)37-2/h3-10,18,20H,11,31H2,1-2H3,(H,32,35)/t18-,20+/m1/s1. The van der Waals surface area contributed by atoms with Gasteiger partial charge in [0.2, 0.25) is 5.91 Å². The van der Waals surface area contributed by atoms with Crippen LogP contribution in [-0.2, 0) is 25.3 Å². The average molecular weight is 543 g/mol. The summed E-state index contributed by atoms with van der Waals surface area (Å²) in [6.07, 6.45) is -4.90. The molecule has 0 aliphatic carbocycles. The van der Waals surface area contributed by atoms with Crippen LogP contribution in [0.3, 0.4) is 0 Å². The third-order valence-electron chi connectivity index (χ3n) is 6.07. The number of hydrogen-bond donors (Lipinski definition) is 2. The van der Waals surface area contributed by atoms with Gasteiger partial charge in [-0.2, -0.15) is 18.4 Å². The number of hydrogen-bond acceptors (Lipinski definition) is 7. The highest BCUT2D eigenvalue weighted by Gasteiger charge is 2.48. The lowest BCUT2D eigenvalue weighted by Crippen LogP contribution is -2.39. The molecule has 0 unspecified atom stereocenters. The summed E-state index contributed by atoms with van der Waals surface area (Å²) < 4.78 is 44.3. The number of nitriles is 1. The van der Waals surface area contributed by atoms with Crippen molar-refractivity contribution in [2.45, 2.75) is 30.7 Å². The number of fused-ring (bicyclic) bond motifs is 1. The molecular weight excluding hydrogens is 521 g/mol. The maximum atomic E-state index is 13.7. The predicted octanol–water partition coefficient (Wildman–Crippen LogP) is 4.16. The number of benzene rings is 2. The van der Waals surface area contributed by atoms with E-state index >= 15 is 0 Å². The molecule has 2 aliphatic heterocycles. The number of carbonyl (C=O) groups is 3. The van der Waals surface area contributed by atoms with Gasteiger partial charge in [-0.25, -0.2) is 0 Å². The van der Waals surface area contributed by atoms with Gasteiger partial charge in [0.15, 0.2) is 0 Å². The number of aryl methyl sites for hydroxylation is 1. The summed E-state index contributed by atoms with van der Waals surface area (Å²) in [5, 5.41) is 11.9. The van der Waals surface area contributed by atoms with E-state index in [0.717, 1.165) is 34.4 Å². The number of anilines is 1. The van der Waals surface area contributed by atoms with Gasteiger partial charge in [0.25, 0.3) is 5.91 Å². The van der Waals surface area contributed by atoms with Crippen LogP contribution in [0.4, 0.5) is 18.9 Å². The maximum Gasteiger partial charge on any atom is 0.416 e. The average Bonchev–Trinajstić information content (AvgIpc) is 3.18. The lowest BCUT2D eigenvalue weighted by molar-refractivity contribution is -0.142. The topological polar surface area (TPSA) is 126 Å². The molecule has 2 heterocycles. The van der Waals surface area contributed by atoms with E-state index < -0.39 is 40.7 Å². The summed E-state index contributed by atoms with van der Waals surface area (Å²) in [6.45, 7) is 1.82. The first kappa shape index (κ1) is 26.8. The van der Waals surface area contributed by atoms with Gasteiger partial charge in [-0.05, 0) is 42.3 Å². The van der Waals surface area contributed by atoms with E-state index in [1.165, 1.54) is 19.2 Å². The summed E-state index contributed by atoms with van der Waals surface area (Å²) in [6, 6.07) is 12.9. The number of methoxy groups -OCH3 is 1. The Morgan fingerprint density at radius 3 is 2.47 bits per heavy atom. The fraction of sp³-hybridized carbons (Fsp3) is 0.231. The zero-order chi connectivity index (χ0) is 27.8. The molecule has 0 aromatic heterocycles. The van der Waals surface area contributed by atoms with Crippen LogP contribution in [0.25, 0.3) is 0 Å². The molecule has 4 rings (SSSR count). The zero-order valence-electron chi connectivity index (χ0n) is 20.1. The summed E-state index contributed by atoms with van der Waals surface area (Å²) in [5.41, 5.74) is 6.58. The van der Waals surface area contributed by atoms with Gasteiger partial charge >= 0.3 is 12.1 Å². The molecule has 1 fully saturated rings. The Labute approximate surface area is 219 Å². The van der Waals surface area contributed by atoms with Crippen LogP contribution in [-0.4, -0.2) is 35.0 Å². The summed E-state index contributed by atoms with van der Waals surface area (Å²) in [5.74, 6) is -3.39. The first-order valence-electron chi connectivity index (χ1n) is 11.2. The predicted molar refractivity (Wildman–Crippen MR) is 133 cm³/mol. The summed E-state index contributed by atoms with van der Waals surface area (Å²) >= 11 is 0.909.